The summed E-state index contributed by atoms with van der Waals surface area (Å²) < 4.78 is 2.04. The normalized spacial score (nSPS) is 11.4. The summed E-state index contributed by atoms with van der Waals surface area (Å²) in [5, 5.41) is 10.6. The molecule has 122 valence electrons. The van der Waals surface area contributed by atoms with Gasteiger partial charge in [-0.15, -0.1) is 11.3 Å². The molecule has 0 radical (unpaired) electrons. The molecule has 0 spiro atoms. The third kappa shape index (κ3) is 2.67. The van der Waals surface area contributed by atoms with E-state index in [1.54, 1.807) is 22.7 Å². The van der Waals surface area contributed by atoms with Crippen LogP contribution in [0.4, 0.5) is 5.82 Å². The molecule has 0 saturated carbocycles. The van der Waals surface area contributed by atoms with Crippen LogP contribution in [0.25, 0.3) is 27.3 Å². The van der Waals surface area contributed by atoms with Crippen molar-refractivity contribution < 1.29 is 0 Å². The summed E-state index contributed by atoms with van der Waals surface area (Å²) in [5.41, 5.74) is 2.97. The topological polar surface area (TPSA) is 55.1 Å². The maximum absolute atomic E-state index is 4.75. The number of anilines is 1. The number of para-hydroxylation sites is 1. The van der Waals surface area contributed by atoms with Gasteiger partial charge in [0.15, 0.2) is 10.8 Å². The second-order valence-corrected chi connectivity index (χ2v) is 7.26. The van der Waals surface area contributed by atoms with Gasteiger partial charge in [0.25, 0.3) is 0 Å². The highest BCUT2D eigenvalue weighted by atomic mass is 32.1. The van der Waals surface area contributed by atoms with Gasteiger partial charge in [0, 0.05) is 34.1 Å². The first-order valence-corrected chi connectivity index (χ1v) is 9.63. The van der Waals surface area contributed by atoms with Crippen molar-refractivity contribution in [2.45, 2.75) is 6.54 Å². The second kappa shape index (κ2) is 5.94. The minimum atomic E-state index is 0.623. The molecule has 0 bridgehead atoms. The highest BCUT2D eigenvalue weighted by Crippen LogP contribution is 2.26. The Balaban J connectivity index is 1.53. The quantitative estimate of drug-likeness (QED) is 0.504. The van der Waals surface area contributed by atoms with Gasteiger partial charge in [-0.3, -0.25) is 4.40 Å². The predicted octanol–water partition coefficient (Wildman–Crippen LogP) is 4.68. The highest BCUT2D eigenvalue weighted by molar-refractivity contribution is 7.15. The molecule has 0 unspecified atom stereocenters. The van der Waals surface area contributed by atoms with Crippen LogP contribution in [0.5, 0.6) is 0 Å². The molecule has 5 aromatic rings. The SMILES string of the molecule is c1ccc2c(NCc3cn4ccsc4n3)nc(-c3ccsc3)nc2c1. The smallest absolute Gasteiger partial charge is 0.193 e. The number of nitrogens with one attached hydrogen (secondary N) is 1. The third-order valence-electron chi connectivity index (χ3n) is 3.96. The monoisotopic (exact) mass is 363 g/mol. The molecule has 0 atom stereocenters. The lowest BCUT2D eigenvalue weighted by molar-refractivity contribution is 1.06. The molecule has 0 aliphatic heterocycles. The molecule has 7 heteroatoms. The molecule has 4 heterocycles. The van der Waals surface area contributed by atoms with Gasteiger partial charge in [-0.05, 0) is 23.6 Å². The number of benzene rings is 1. The molecular formula is C18H13N5S2. The molecular weight excluding hydrogens is 350 g/mol. The Labute approximate surface area is 151 Å². The Kier molecular flexibility index (Phi) is 3.46. The van der Waals surface area contributed by atoms with Crippen LogP contribution in [-0.2, 0) is 6.54 Å². The molecule has 1 aromatic carbocycles. The van der Waals surface area contributed by atoms with Crippen LogP contribution in [0.2, 0.25) is 0 Å². The number of thiazole rings is 1. The van der Waals surface area contributed by atoms with E-state index in [2.05, 4.69) is 15.7 Å². The van der Waals surface area contributed by atoms with Gasteiger partial charge < -0.3 is 5.32 Å². The zero-order valence-electron chi connectivity index (χ0n) is 13.1. The molecule has 5 rings (SSSR count). The Hall–Kier alpha value is -2.77. The number of imidazole rings is 1. The summed E-state index contributed by atoms with van der Waals surface area (Å²) in [6.45, 7) is 0.623. The summed E-state index contributed by atoms with van der Waals surface area (Å²) in [6.07, 6.45) is 4.06. The largest absolute Gasteiger partial charge is 0.364 e. The number of hydrogen-bond donors (Lipinski definition) is 1. The van der Waals surface area contributed by atoms with E-state index >= 15 is 0 Å². The van der Waals surface area contributed by atoms with Gasteiger partial charge in [0.1, 0.15) is 5.82 Å². The predicted molar refractivity (Wildman–Crippen MR) is 103 cm³/mol. The fraction of sp³-hybridized carbons (Fsp3) is 0.0556. The minimum Gasteiger partial charge on any atom is -0.364 e. The Morgan fingerprint density at radius 2 is 2.00 bits per heavy atom. The fourth-order valence-electron chi connectivity index (χ4n) is 2.77. The number of rotatable bonds is 4. The van der Waals surface area contributed by atoms with Gasteiger partial charge in [0.05, 0.1) is 17.8 Å². The number of nitrogens with zero attached hydrogens (tertiary/aromatic N) is 4. The van der Waals surface area contributed by atoms with E-state index < -0.39 is 0 Å². The summed E-state index contributed by atoms with van der Waals surface area (Å²) in [6, 6.07) is 10.1. The van der Waals surface area contributed by atoms with E-state index in [9.17, 15) is 0 Å². The van der Waals surface area contributed by atoms with Crippen LogP contribution in [0.3, 0.4) is 0 Å². The van der Waals surface area contributed by atoms with Crippen LogP contribution in [0.15, 0.2) is 58.9 Å². The lowest BCUT2D eigenvalue weighted by Crippen LogP contribution is -2.04. The second-order valence-electron chi connectivity index (χ2n) is 5.60. The molecule has 5 nitrogen and oxygen atoms in total. The average molecular weight is 363 g/mol. The van der Waals surface area contributed by atoms with Crippen molar-refractivity contribution in [1.82, 2.24) is 19.4 Å². The van der Waals surface area contributed by atoms with Crippen molar-refractivity contribution >= 4 is 44.4 Å². The first-order chi connectivity index (χ1) is 12.4. The summed E-state index contributed by atoms with van der Waals surface area (Å²) in [5.74, 6) is 1.58. The number of thiophene rings is 1. The van der Waals surface area contributed by atoms with Gasteiger partial charge in [0.2, 0.25) is 0 Å². The molecule has 0 aliphatic carbocycles. The maximum atomic E-state index is 4.75. The van der Waals surface area contributed by atoms with E-state index in [1.165, 1.54) is 0 Å². The number of aromatic nitrogens is 4. The van der Waals surface area contributed by atoms with Crippen LogP contribution >= 0.6 is 22.7 Å². The first-order valence-electron chi connectivity index (χ1n) is 7.81. The van der Waals surface area contributed by atoms with Gasteiger partial charge in [-0.2, -0.15) is 11.3 Å². The van der Waals surface area contributed by atoms with Crippen molar-refractivity contribution in [3.8, 4) is 11.4 Å². The van der Waals surface area contributed by atoms with Crippen LogP contribution in [0.1, 0.15) is 5.69 Å². The molecule has 1 N–H and O–H groups in total. The summed E-state index contributed by atoms with van der Waals surface area (Å²) in [4.78, 5) is 15.1. The first kappa shape index (κ1) is 14.6. The van der Waals surface area contributed by atoms with Crippen molar-refractivity contribution in [1.29, 1.82) is 0 Å². The Morgan fingerprint density at radius 3 is 2.88 bits per heavy atom. The number of hydrogen-bond acceptors (Lipinski definition) is 6. The zero-order chi connectivity index (χ0) is 16.6. The van der Waals surface area contributed by atoms with Crippen molar-refractivity contribution in [3.63, 3.8) is 0 Å². The molecule has 0 amide bonds. The molecule has 0 aliphatic rings. The van der Waals surface area contributed by atoms with Gasteiger partial charge in [-0.1, -0.05) is 12.1 Å². The minimum absolute atomic E-state index is 0.623. The third-order valence-corrected chi connectivity index (χ3v) is 5.42. The Bertz CT molecular complexity index is 1130. The molecule has 25 heavy (non-hydrogen) atoms. The van der Waals surface area contributed by atoms with E-state index in [0.29, 0.717) is 6.54 Å². The van der Waals surface area contributed by atoms with Crippen molar-refractivity contribution in [2.75, 3.05) is 5.32 Å². The van der Waals surface area contributed by atoms with E-state index in [-0.39, 0.29) is 0 Å². The Morgan fingerprint density at radius 1 is 1.04 bits per heavy atom. The van der Waals surface area contributed by atoms with Crippen LogP contribution in [0, 0.1) is 0 Å². The summed E-state index contributed by atoms with van der Waals surface area (Å²) in [7, 11) is 0. The lowest BCUT2D eigenvalue weighted by atomic mass is 10.2. The van der Waals surface area contributed by atoms with Crippen molar-refractivity contribution in [2.24, 2.45) is 0 Å². The van der Waals surface area contributed by atoms with Crippen LogP contribution < -0.4 is 5.32 Å². The van der Waals surface area contributed by atoms with Crippen LogP contribution in [-0.4, -0.2) is 19.4 Å². The maximum Gasteiger partial charge on any atom is 0.193 e. The van der Waals surface area contributed by atoms with Gasteiger partial charge >= 0.3 is 0 Å². The molecule has 4 aromatic heterocycles. The zero-order valence-corrected chi connectivity index (χ0v) is 14.7. The summed E-state index contributed by atoms with van der Waals surface area (Å²) >= 11 is 3.28. The molecule has 0 saturated heterocycles. The lowest BCUT2D eigenvalue weighted by Gasteiger charge is -2.09. The molecule has 0 fully saturated rings. The average Bonchev–Trinajstić information content (AvgIpc) is 3.36. The number of fused-ring (bicyclic) bond motifs is 2. The standard InChI is InChI=1S/C18H13N5S2/c1-2-4-15-14(3-1)17(22-16(21-15)12-5-7-24-11-12)19-9-13-10-23-6-8-25-18(23)20-13/h1-8,10-11H,9H2,(H,19,21,22). The fourth-order valence-corrected chi connectivity index (χ4v) is 4.12. The van der Waals surface area contributed by atoms with Crippen molar-refractivity contribution in [3.05, 3.63) is 64.6 Å². The van der Waals surface area contributed by atoms with E-state index in [1.807, 2.05) is 57.9 Å². The van der Waals surface area contributed by atoms with E-state index in [4.69, 9.17) is 9.97 Å². The van der Waals surface area contributed by atoms with E-state index in [0.717, 1.165) is 38.8 Å². The highest BCUT2D eigenvalue weighted by Gasteiger charge is 2.10. The van der Waals surface area contributed by atoms with Gasteiger partial charge in [-0.25, -0.2) is 15.0 Å².